The Balaban J connectivity index is 1.90. The molecule has 0 fully saturated rings. The SMILES string of the molecule is CC(C)CNC(=O)c1ccnc(NCCc2ccc(S(N)(=O)=O)cc2)n1. The number of aromatic nitrogens is 2. The normalized spacial score (nSPS) is 11.4. The van der Waals surface area contributed by atoms with Gasteiger partial charge in [0.15, 0.2) is 0 Å². The predicted octanol–water partition coefficient (Wildman–Crippen LogP) is 1.16. The van der Waals surface area contributed by atoms with Gasteiger partial charge >= 0.3 is 0 Å². The topological polar surface area (TPSA) is 127 Å². The number of primary sulfonamides is 1. The summed E-state index contributed by atoms with van der Waals surface area (Å²) >= 11 is 0. The maximum atomic E-state index is 12.0. The second-order valence-corrected chi connectivity index (χ2v) is 7.80. The number of sulfonamides is 1. The summed E-state index contributed by atoms with van der Waals surface area (Å²) in [6, 6.07) is 7.92. The van der Waals surface area contributed by atoms with Gasteiger partial charge < -0.3 is 10.6 Å². The molecule has 0 saturated carbocycles. The molecule has 26 heavy (non-hydrogen) atoms. The van der Waals surface area contributed by atoms with Gasteiger partial charge in [0.1, 0.15) is 5.69 Å². The van der Waals surface area contributed by atoms with Crippen molar-refractivity contribution in [3.63, 3.8) is 0 Å². The van der Waals surface area contributed by atoms with Crippen molar-refractivity contribution < 1.29 is 13.2 Å². The van der Waals surface area contributed by atoms with Gasteiger partial charge in [-0.05, 0) is 36.1 Å². The zero-order valence-electron chi connectivity index (χ0n) is 14.8. The minimum absolute atomic E-state index is 0.0812. The van der Waals surface area contributed by atoms with Crippen molar-refractivity contribution in [1.29, 1.82) is 0 Å². The molecule has 0 spiro atoms. The minimum Gasteiger partial charge on any atom is -0.354 e. The molecule has 9 heteroatoms. The second-order valence-electron chi connectivity index (χ2n) is 6.24. The Kier molecular flexibility index (Phi) is 6.64. The van der Waals surface area contributed by atoms with E-state index >= 15 is 0 Å². The Labute approximate surface area is 153 Å². The third-order valence-electron chi connectivity index (χ3n) is 3.51. The van der Waals surface area contributed by atoms with Crippen LogP contribution in [-0.4, -0.2) is 37.4 Å². The van der Waals surface area contributed by atoms with Crippen LogP contribution in [0.15, 0.2) is 41.4 Å². The van der Waals surface area contributed by atoms with Crippen LogP contribution in [0, 0.1) is 5.92 Å². The van der Waals surface area contributed by atoms with Crippen LogP contribution in [-0.2, 0) is 16.4 Å². The highest BCUT2D eigenvalue weighted by molar-refractivity contribution is 7.89. The quantitative estimate of drug-likeness (QED) is 0.633. The first-order chi connectivity index (χ1) is 12.3. The van der Waals surface area contributed by atoms with Gasteiger partial charge in [-0.3, -0.25) is 4.79 Å². The number of nitrogens with zero attached hydrogens (tertiary/aromatic N) is 2. The number of hydrogen-bond donors (Lipinski definition) is 3. The maximum absolute atomic E-state index is 12.0. The highest BCUT2D eigenvalue weighted by atomic mass is 32.2. The molecule has 0 unspecified atom stereocenters. The molecule has 0 aliphatic carbocycles. The Morgan fingerprint density at radius 3 is 2.50 bits per heavy atom. The minimum atomic E-state index is -3.68. The number of nitrogens with two attached hydrogens (primary N) is 1. The first-order valence-corrected chi connectivity index (χ1v) is 9.77. The van der Waals surface area contributed by atoms with E-state index in [0.29, 0.717) is 37.1 Å². The smallest absolute Gasteiger partial charge is 0.270 e. The molecular formula is C17H23N5O3S. The molecular weight excluding hydrogens is 354 g/mol. The predicted molar refractivity (Wildman–Crippen MR) is 99.2 cm³/mol. The molecule has 0 saturated heterocycles. The van der Waals surface area contributed by atoms with E-state index in [1.807, 2.05) is 13.8 Å². The van der Waals surface area contributed by atoms with Crippen LogP contribution in [0.4, 0.5) is 5.95 Å². The standard InChI is InChI=1S/C17H23N5O3S/c1-12(2)11-21-16(23)15-8-10-20-17(22-15)19-9-7-13-3-5-14(6-4-13)26(18,24)25/h3-6,8,10,12H,7,9,11H2,1-2H3,(H,21,23)(H2,18,24,25)(H,19,20,22). The Hall–Kier alpha value is -2.52. The van der Waals surface area contributed by atoms with Crippen molar-refractivity contribution in [3.8, 4) is 0 Å². The van der Waals surface area contributed by atoms with Gasteiger partial charge in [-0.2, -0.15) is 0 Å². The lowest BCUT2D eigenvalue weighted by molar-refractivity contribution is 0.0944. The summed E-state index contributed by atoms with van der Waals surface area (Å²) in [6.07, 6.45) is 2.17. The van der Waals surface area contributed by atoms with Gasteiger partial charge in [0.2, 0.25) is 16.0 Å². The number of carbonyl (C=O) groups excluding carboxylic acids is 1. The van der Waals surface area contributed by atoms with Crippen LogP contribution in [0.2, 0.25) is 0 Å². The first-order valence-electron chi connectivity index (χ1n) is 8.22. The molecule has 1 amide bonds. The average molecular weight is 377 g/mol. The number of hydrogen-bond acceptors (Lipinski definition) is 6. The Bertz CT molecular complexity index is 851. The van der Waals surface area contributed by atoms with Gasteiger partial charge in [-0.1, -0.05) is 26.0 Å². The van der Waals surface area contributed by atoms with E-state index in [1.54, 1.807) is 18.2 Å². The van der Waals surface area contributed by atoms with Crippen molar-refractivity contribution in [2.75, 3.05) is 18.4 Å². The summed E-state index contributed by atoms with van der Waals surface area (Å²) in [5.74, 6) is 0.491. The van der Waals surface area contributed by atoms with Crippen LogP contribution in [0.1, 0.15) is 29.9 Å². The fourth-order valence-electron chi connectivity index (χ4n) is 2.12. The van der Waals surface area contributed by atoms with Gasteiger partial charge in [0.05, 0.1) is 4.90 Å². The van der Waals surface area contributed by atoms with E-state index < -0.39 is 10.0 Å². The van der Waals surface area contributed by atoms with Crippen molar-refractivity contribution in [2.24, 2.45) is 11.1 Å². The zero-order chi connectivity index (χ0) is 19.2. The van der Waals surface area contributed by atoms with Gasteiger partial charge in [0.25, 0.3) is 5.91 Å². The Morgan fingerprint density at radius 1 is 1.19 bits per heavy atom. The van der Waals surface area contributed by atoms with E-state index in [4.69, 9.17) is 5.14 Å². The second kappa shape index (κ2) is 8.72. The summed E-state index contributed by atoms with van der Waals surface area (Å²) in [5.41, 5.74) is 1.25. The number of amides is 1. The molecule has 4 N–H and O–H groups in total. The molecule has 0 radical (unpaired) electrons. The van der Waals surface area contributed by atoms with Crippen molar-refractivity contribution >= 4 is 21.9 Å². The summed E-state index contributed by atoms with van der Waals surface area (Å²) < 4.78 is 22.5. The largest absolute Gasteiger partial charge is 0.354 e. The average Bonchev–Trinajstić information content (AvgIpc) is 2.59. The molecule has 0 atom stereocenters. The molecule has 0 aliphatic rings. The molecule has 8 nitrogen and oxygen atoms in total. The zero-order valence-corrected chi connectivity index (χ0v) is 15.6. The summed E-state index contributed by atoms with van der Waals surface area (Å²) in [6.45, 7) is 5.15. The van der Waals surface area contributed by atoms with Gasteiger partial charge in [-0.25, -0.2) is 23.5 Å². The van der Waals surface area contributed by atoms with Crippen LogP contribution >= 0.6 is 0 Å². The van der Waals surface area contributed by atoms with Gasteiger partial charge in [0, 0.05) is 19.3 Å². The number of carbonyl (C=O) groups is 1. The monoisotopic (exact) mass is 377 g/mol. The molecule has 1 aromatic carbocycles. The molecule has 140 valence electrons. The molecule has 2 aromatic rings. The first kappa shape index (κ1) is 19.8. The lowest BCUT2D eigenvalue weighted by atomic mass is 10.1. The molecule has 2 rings (SSSR count). The summed E-state index contributed by atoms with van der Waals surface area (Å²) in [5, 5.41) is 10.9. The fourth-order valence-corrected chi connectivity index (χ4v) is 2.64. The van der Waals surface area contributed by atoms with Crippen LogP contribution in [0.5, 0.6) is 0 Å². The number of rotatable bonds is 8. The number of anilines is 1. The van der Waals surface area contributed by atoms with Crippen molar-refractivity contribution in [1.82, 2.24) is 15.3 Å². The third-order valence-corrected chi connectivity index (χ3v) is 4.44. The van der Waals surface area contributed by atoms with E-state index in [-0.39, 0.29) is 10.8 Å². The van der Waals surface area contributed by atoms with Crippen LogP contribution in [0.3, 0.4) is 0 Å². The number of nitrogens with one attached hydrogen (secondary N) is 2. The van der Waals surface area contributed by atoms with Crippen molar-refractivity contribution in [2.45, 2.75) is 25.2 Å². The fraction of sp³-hybridized carbons (Fsp3) is 0.353. The maximum Gasteiger partial charge on any atom is 0.270 e. The summed E-state index contributed by atoms with van der Waals surface area (Å²) in [4.78, 5) is 20.4. The van der Waals surface area contributed by atoms with E-state index in [0.717, 1.165) is 5.56 Å². The van der Waals surface area contributed by atoms with Crippen LogP contribution in [0.25, 0.3) is 0 Å². The third kappa shape index (κ3) is 6.08. The lowest BCUT2D eigenvalue weighted by Gasteiger charge is -2.09. The molecule has 1 heterocycles. The van der Waals surface area contributed by atoms with Crippen molar-refractivity contribution in [3.05, 3.63) is 47.8 Å². The number of benzene rings is 1. The molecule has 0 aliphatic heterocycles. The summed E-state index contributed by atoms with van der Waals surface area (Å²) in [7, 11) is -3.68. The van der Waals surface area contributed by atoms with E-state index in [2.05, 4.69) is 20.6 Å². The highest BCUT2D eigenvalue weighted by Gasteiger charge is 2.09. The van der Waals surface area contributed by atoms with Gasteiger partial charge in [-0.15, -0.1) is 0 Å². The molecule has 0 bridgehead atoms. The molecule has 1 aromatic heterocycles. The highest BCUT2D eigenvalue weighted by Crippen LogP contribution is 2.09. The van der Waals surface area contributed by atoms with Crippen LogP contribution < -0.4 is 15.8 Å². The lowest BCUT2D eigenvalue weighted by Crippen LogP contribution is -2.28. The van der Waals surface area contributed by atoms with E-state index in [1.165, 1.54) is 18.3 Å². The Morgan fingerprint density at radius 2 is 1.88 bits per heavy atom. The van der Waals surface area contributed by atoms with E-state index in [9.17, 15) is 13.2 Å².